The van der Waals surface area contributed by atoms with Crippen LogP contribution in [0.3, 0.4) is 0 Å². The van der Waals surface area contributed by atoms with Gasteiger partial charge in [-0.25, -0.2) is 4.57 Å². The summed E-state index contributed by atoms with van der Waals surface area (Å²) in [5, 5.41) is 18.3. The van der Waals surface area contributed by atoms with Gasteiger partial charge in [-0.3, -0.25) is 18.6 Å². The number of phosphoric acid groups is 1. The lowest BCUT2D eigenvalue weighted by Gasteiger charge is -2.20. The molecule has 0 rings (SSSR count). The van der Waals surface area contributed by atoms with Gasteiger partial charge in [-0.05, 0) is 12.8 Å². The number of aliphatic hydroxyl groups excluding tert-OH is 2. The highest BCUT2D eigenvalue weighted by molar-refractivity contribution is 7.47. The summed E-state index contributed by atoms with van der Waals surface area (Å²) in [6.07, 6.45) is 36.4. The van der Waals surface area contributed by atoms with Crippen LogP contribution in [0.4, 0.5) is 0 Å². The molecule has 0 aliphatic heterocycles. The summed E-state index contributed by atoms with van der Waals surface area (Å²) in [5.41, 5.74) is 0. The normalized spacial score (nSPS) is 13.8. The molecule has 0 aromatic heterocycles. The van der Waals surface area contributed by atoms with Gasteiger partial charge < -0.3 is 24.6 Å². The van der Waals surface area contributed by atoms with Crippen LogP contribution in [0.1, 0.15) is 226 Å². The van der Waals surface area contributed by atoms with E-state index >= 15 is 0 Å². The van der Waals surface area contributed by atoms with Crippen LogP contribution in [0.5, 0.6) is 0 Å². The van der Waals surface area contributed by atoms with E-state index in [-0.39, 0.29) is 19.4 Å². The zero-order valence-electron chi connectivity index (χ0n) is 35.0. The molecule has 3 atom stereocenters. The molecule has 0 amide bonds. The average molecular weight is 793 g/mol. The number of phosphoric ester groups is 1. The van der Waals surface area contributed by atoms with Gasteiger partial charge in [0.25, 0.3) is 0 Å². The largest absolute Gasteiger partial charge is 0.472 e. The van der Waals surface area contributed by atoms with Gasteiger partial charge in [0.2, 0.25) is 0 Å². The monoisotopic (exact) mass is 793 g/mol. The Kier molecular flexibility index (Phi) is 39.4. The molecule has 0 aliphatic rings. The van der Waals surface area contributed by atoms with Gasteiger partial charge in [0, 0.05) is 12.8 Å². The predicted octanol–water partition coefficient (Wildman–Crippen LogP) is 11.8. The van der Waals surface area contributed by atoms with Gasteiger partial charge in [-0.15, -0.1) is 0 Å². The Hall–Kier alpha value is -1.03. The lowest BCUT2D eigenvalue weighted by Crippen LogP contribution is -2.29. The third-order valence-corrected chi connectivity index (χ3v) is 11.0. The van der Waals surface area contributed by atoms with Gasteiger partial charge in [0.1, 0.15) is 12.7 Å². The molecular weight excluding hydrogens is 707 g/mol. The van der Waals surface area contributed by atoms with E-state index in [1.807, 2.05) is 0 Å². The van der Waals surface area contributed by atoms with Crippen LogP contribution in [0.15, 0.2) is 0 Å². The summed E-state index contributed by atoms with van der Waals surface area (Å²) < 4.78 is 32.7. The quantitative estimate of drug-likeness (QED) is 0.0309. The van der Waals surface area contributed by atoms with E-state index in [9.17, 15) is 24.2 Å². The SMILES string of the molecule is CCCCCCCCCCCCCCCCCCCCCC(=O)O[C@H](COC(=O)CCCCCCCCCCCCCC)COP(=O)(O)OC[C@@H](O)CO. The Morgan fingerprint density at radius 1 is 0.481 bits per heavy atom. The minimum Gasteiger partial charge on any atom is -0.462 e. The van der Waals surface area contributed by atoms with Crippen LogP contribution in [0.2, 0.25) is 0 Å². The average Bonchev–Trinajstić information content (AvgIpc) is 3.16. The first-order chi connectivity index (χ1) is 26.2. The number of hydrogen-bond donors (Lipinski definition) is 3. The zero-order chi connectivity index (χ0) is 39.8. The number of rotatable bonds is 43. The van der Waals surface area contributed by atoms with E-state index in [2.05, 4.69) is 13.8 Å². The number of unbranched alkanes of at least 4 members (excludes halogenated alkanes) is 29. The van der Waals surface area contributed by atoms with Gasteiger partial charge in [0.15, 0.2) is 6.10 Å². The fourth-order valence-electron chi connectivity index (χ4n) is 6.52. The van der Waals surface area contributed by atoms with E-state index in [1.54, 1.807) is 0 Å². The number of ether oxygens (including phenoxy) is 2. The fraction of sp³-hybridized carbons (Fsp3) is 0.953. The molecule has 3 N–H and O–H groups in total. The van der Waals surface area contributed by atoms with Crippen molar-refractivity contribution >= 4 is 19.8 Å². The second-order valence-electron chi connectivity index (χ2n) is 15.4. The van der Waals surface area contributed by atoms with Crippen molar-refractivity contribution in [3.05, 3.63) is 0 Å². The van der Waals surface area contributed by atoms with E-state index in [0.29, 0.717) is 12.8 Å². The highest BCUT2D eigenvalue weighted by Crippen LogP contribution is 2.43. The molecule has 0 aromatic rings. The molecule has 0 saturated heterocycles. The highest BCUT2D eigenvalue weighted by Gasteiger charge is 2.27. The Labute approximate surface area is 331 Å². The first-order valence-corrected chi connectivity index (χ1v) is 24.0. The maximum atomic E-state index is 12.6. The van der Waals surface area contributed by atoms with Crippen LogP contribution < -0.4 is 0 Å². The van der Waals surface area contributed by atoms with Crippen molar-refractivity contribution < 1.29 is 47.8 Å². The fourth-order valence-corrected chi connectivity index (χ4v) is 7.31. The second-order valence-corrected chi connectivity index (χ2v) is 16.9. The minimum absolute atomic E-state index is 0.193. The second kappa shape index (κ2) is 40.2. The number of carbonyl (C=O) groups excluding carboxylic acids is 2. The molecule has 0 heterocycles. The molecular formula is C43H85O10P. The standard InChI is InChI=1S/C43H85O10P/c1-3-5-7-9-11-13-15-17-18-19-20-21-22-23-25-27-29-31-33-35-43(47)53-41(39-52-54(48,49)51-37-40(45)36-44)38-50-42(46)34-32-30-28-26-24-16-14-12-10-8-6-4-2/h40-41,44-45H,3-39H2,1-2H3,(H,48,49)/t40-,41+/m0/s1. The molecule has 0 bridgehead atoms. The molecule has 10 nitrogen and oxygen atoms in total. The number of hydrogen-bond acceptors (Lipinski definition) is 9. The van der Waals surface area contributed by atoms with Crippen molar-refractivity contribution in [2.24, 2.45) is 0 Å². The molecule has 1 unspecified atom stereocenters. The maximum Gasteiger partial charge on any atom is 0.472 e. The summed E-state index contributed by atoms with van der Waals surface area (Å²) in [5.74, 6) is -0.909. The third kappa shape index (κ3) is 39.2. The molecule has 0 spiro atoms. The predicted molar refractivity (Wildman–Crippen MR) is 219 cm³/mol. The summed E-state index contributed by atoms with van der Waals surface area (Å²) in [7, 11) is -4.61. The first kappa shape index (κ1) is 53.0. The van der Waals surface area contributed by atoms with Crippen LogP contribution in [-0.2, 0) is 32.7 Å². The molecule has 322 valence electrons. The van der Waals surface area contributed by atoms with Crippen LogP contribution in [0.25, 0.3) is 0 Å². The van der Waals surface area contributed by atoms with Gasteiger partial charge in [-0.2, -0.15) is 0 Å². The van der Waals surface area contributed by atoms with Crippen molar-refractivity contribution in [2.75, 3.05) is 26.4 Å². The van der Waals surface area contributed by atoms with Gasteiger partial charge in [0.05, 0.1) is 19.8 Å². The molecule has 0 aromatic carbocycles. The molecule has 11 heteroatoms. The zero-order valence-corrected chi connectivity index (χ0v) is 35.9. The summed E-state index contributed by atoms with van der Waals surface area (Å²) in [6.45, 7) is 2.42. The topological polar surface area (TPSA) is 149 Å². The van der Waals surface area contributed by atoms with E-state index in [4.69, 9.17) is 23.6 Å². The smallest absolute Gasteiger partial charge is 0.462 e. The van der Waals surface area contributed by atoms with Gasteiger partial charge >= 0.3 is 19.8 Å². The molecule has 0 aliphatic carbocycles. The molecule has 0 fully saturated rings. The van der Waals surface area contributed by atoms with E-state index in [1.165, 1.54) is 148 Å². The van der Waals surface area contributed by atoms with Crippen molar-refractivity contribution in [3.63, 3.8) is 0 Å². The van der Waals surface area contributed by atoms with E-state index < -0.39 is 51.8 Å². The third-order valence-electron chi connectivity index (χ3n) is 10.0. The van der Waals surface area contributed by atoms with Crippen LogP contribution >= 0.6 is 7.82 Å². The van der Waals surface area contributed by atoms with Crippen LogP contribution in [0, 0.1) is 0 Å². The minimum atomic E-state index is -4.61. The van der Waals surface area contributed by atoms with Crippen molar-refractivity contribution in [1.82, 2.24) is 0 Å². The van der Waals surface area contributed by atoms with Gasteiger partial charge in [-0.1, -0.05) is 200 Å². The Morgan fingerprint density at radius 2 is 0.796 bits per heavy atom. The number of esters is 2. The Balaban J connectivity index is 4.19. The van der Waals surface area contributed by atoms with E-state index in [0.717, 1.165) is 38.5 Å². The Morgan fingerprint density at radius 3 is 1.15 bits per heavy atom. The number of aliphatic hydroxyl groups is 2. The van der Waals surface area contributed by atoms with Crippen molar-refractivity contribution in [3.8, 4) is 0 Å². The van der Waals surface area contributed by atoms with Crippen LogP contribution in [-0.4, -0.2) is 65.7 Å². The summed E-state index contributed by atoms with van der Waals surface area (Å²) >= 11 is 0. The maximum absolute atomic E-state index is 12.6. The van der Waals surface area contributed by atoms with Crippen molar-refractivity contribution in [1.29, 1.82) is 0 Å². The Bertz CT molecular complexity index is 873. The first-order valence-electron chi connectivity index (χ1n) is 22.5. The summed E-state index contributed by atoms with van der Waals surface area (Å²) in [4.78, 5) is 35.0. The molecule has 54 heavy (non-hydrogen) atoms. The number of carbonyl (C=O) groups is 2. The highest BCUT2D eigenvalue weighted by atomic mass is 31.2. The lowest BCUT2D eigenvalue weighted by molar-refractivity contribution is -0.161. The molecule has 0 radical (unpaired) electrons. The lowest BCUT2D eigenvalue weighted by atomic mass is 10.0. The molecule has 0 saturated carbocycles. The summed E-state index contributed by atoms with van der Waals surface area (Å²) in [6, 6.07) is 0. The van der Waals surface area contributed by atoms with Crippen molar-refractivity contribution in [2.45, 2.75) is 238 Å².